The van der Waals surface area contributed by atoms with Gasteiger partial charge in [-0.1, -0.05) is 62.4 Å². The number of rotatable bonds is 14. The van der Waals surface area contributed by atoms with Gasteiger partial charge in [0.1, 0.15) is 11.8 Å². The molecular weight excluding hydrogens is 486 g/mol. The zero-order chi connectivity index (χ0) is 27.3. The molecule has 1 aliphatic rings. The number of imidazole rings is 1. The van der Waals surface area contributed by atoms with E-state index in [4.69, 9.17) is 9.47 Å². The highest BCUT2D eigenvalue weighted by Crippen LogP contribution is 2.28. The highest BCUT2D eigenvalue weighted by atomic mass is 16.5. The zero-order valence-corrected chi connectivity index (χ0v) is 22.6. The minimum Gasteiger partial charge on any atom is -0.493 e. The molecule has 0 bridgehead atoms. The van der Waals surface area contributed by atoms with E-state index < -0.39 is 11.8 Å². The molecule has 2 aromatic rings. The minimum atomic E-state index is -0.518. The topological polar surface area (TPSA) is 112 Å². The lowest BCUT2D eigenvalue weighted by atomic mass is 9.85. The summed E-state index contributed by atoms with van der Waals surface area (Å²) in [6, 6.07) is 9.47. The van der Waals surface area contributed by atoms with Crippen molar-refractivity contribution < 1.29 is 24.2 Å². The molecule has 9 nitrogen and oxygen atoms in total. The van der Waals surface area contributed by atoms with Gasteiger partial charge in [-0.05, 0) is 44.6 Å². The lowest BCUT2D eigenvalue weighted by Gasteiger charge is -2.27. The van der Waals surface area contributed by atoms with Crippen LogP contribution >= 0.6 is 0 Å². The third-order valence-corrected chi connectivity index (χ3v) is 6.96. The van der Waals surface area contributed by atoms with Crippen LogP contribution in [0.2, 0.25) is 0 Å². The van der Waals surface area contributed by atoms with Gasteiger partial charge in [0.25, 0.3) is 0 Å². The first-order valence-electron chi connectivity index (χ1n) is 13.8. The summed E-state index contributed by atoms with van der Waals surface area (Å²) in [6.45, 7) is 3.77. The van der Waals surface area contributed by atoms with Gasteiger partial charge < -0.3 is 14.6 Å². The number of aromatic nitrogens is 2. The molecule has 0 amide bonds. The Kier molecular flexibility index (Phi) is 11.6. The van der Waals surface area contributed by atoms with Gasteiger partial charge >= 0.3 is 17.6 Å². The molecule has 0 radical (unpaired) electrons. The number of carbonyl (C=O) groups excluding carboxylic acids is 2. The fraction of sp³-hybridized carbons (Fsp3) is 0.586. The molecule has 1 fully saturated rings. The molecule has 0 aliphatic heterocycles. The molecule has 1 saturated carbocycles. The molecule has 208 valence electrons. The molecule has 3 rings (SSSR count). The van der Waals surface area contributed by atoms with E-state index in [0.29, 0.717) is 25.1 Å². The van der Waals surface area contributed by atoms with Crippen molar-refractivity contribution >= 4 is 18.2 Å². The van der Waals surface area contributed by atoms with Crippen molar-refractivity contribution in [1.29, 1.82) is 0 Å². The van der Waals surface area contributed by atoms with E-state index in [1.807, 2.05) is 30.3 Å². The fourth-order valence-electron chi connectivity index (χ4n) is 5.00. The molecule has 1 heterocycles. The third kappa shape index (κ3) is 8.60. The Bertz CT molecular complexity index is 1120. The van der Waals surface area contributed by atoms with Crippen LogP contribution in [0.1, 0.15) is 89.3 Å². The second-order valence-corrected chi connectivity index (χ2v) is 9.89. The molecule has 1 aliphatic carbocycles. The Morgan fingerprint density at radius 2 is 1.82 bits per heavy atom. The van der Waals surface area contributed by atoms with Crippen molar-refractivity contribution in [3.63, 3.8) is 0 Å². The van der Waals surface area contributed by atoms with E-state index in [9.17, 15) is 19.5 Å². The lowest BCUT2D eigenvalue weighted by molar-refractivity contribution is -0.145. The largest absolute Gasteiger partial charge is 0.493 e. The molecule has 0 spiro atoms. The number of hydrogen-bond acceptors (Lipinski definition) is 7. The average molecular weight is 528 g/mol. The van der Waals surface area contributed by atoms with Crippen LogP contribution in [0.25, 0.3) is 0 Å². The van der Waals surface area contributed by atoms with Crippen LogP contribution in [0.4, 0.5) is 0 Å². The maximum atomic E-state index is 13.4. The van der Waals surface area contributed by atoms with Crippen LogP contribution in [0, 0.1) is 5.92 Å². The number of ether oxygens (including phenoxy) is 2. The van der Waals surface area contributed by atoms with E-state index >= 15 is 0 Å². The van der Waals surface area contributed by atoms with E-state index in [0.717, 1.165) is 56.9 Å². The van der Waals surface area contributed by atoms with E-state index in [2.05, 4.69) is 5.10 Å². The first-order chi connectivity index (χ1) is 18.4. The molecule has 38 heavy (non-hydrogen) atoms. The van der Waals surface area contributed by atoms with Gasteiger partial charge in [-0.2, -0.15) is 9.78 Å². The summed E-state index contributed by atoms with van der Waals surface area (Å²) in [6.07, 6.45) is 10.2. The van der Waals surface area contributed by atoms with Crippen molar-refractivity contribution in [2.45, 2.75) is 97.1 Å². The van der Waals surface area contributed by atoms with Gasteiger partial charge in [0.15, 0.2) is 0 Å². The standard InChI is InChI=1S/C29H41N3O6/c1-3-37-27(34)19-13-5-4-12-18-25-28(35)31(21-23-14-8-6-9-15-23)29(36)32(25)30-20-26(38-22(2)33)24-16-10-7-11-17-24/h6,8-9,14-15,20,24,26,35H,3-5,7,10-13,16-19,21H2,1-2H3. The van der Waals surface area contributed by atoms with Crippen LogP contribution in [-0.4, -0.2) is 45.2 Å². The number of esters is 2. The van der Waals surface area contributed by atoms with Crippen molar-refractivity contribution in [3.05, 3.63) is 52.1 Å². The molecule has 0 saturated heterocycles. The van der Waals surface area contributed by atoms with Crippen molar-refractivity contribution in [2.75, 3.05) is 6.61 Å². The molecule has 1 N–H and O–H groups in total. The van der Waals surface area contributed by atoms with Gasteiger partial charge in [0.2, 0.25) is 5.88 Å². The highest BCUT2D eigenvalue weighted by molar-refractivity contribution is 5.72. The number of carbonyl (C=O) groups is 2. The lowest BCUT2D eigenvalue weighted by Crippen LogP contribution is -2.30. The first-order valence-corrected chi connectivity index (χ1v) is 13.8. The number of hydrogen-bond donors (Lipinski definition) is 1. The van der Waals surface area contributed by atoms with Crippen LogP contribution in [0.15, 0.2) is 40.2 Å². The summed E-state index contributed by atoms with van der Waals surface area (Å²) in [7, 11) is 0. The number of aromatic hydroxyl groups is 1. The van der Waals surface area contributed by atoms with Crippen molar-refractivity contribution in [3.8, 4) is 5.88 Å². The smallest absolute Gasteiger partial charge is 0.352 e. The molecular formula is C29H41N3O6. The Balaban J connectivity index is 1.79. The number of nitrogens with zero attached hydrogens (tertiary/aromatic N) is 3. The van der Waals surface area contributed by atoms with Gasteiger partial charge in [-0.15, -0.1) is 0 Å². The Morgan fingerprint density at radius 1 is 1.11 bits per heavy atom. The average Bonchev–Trinajstić information content (AvgIpc) is 3.13. The van der Waals surface area contributed by atoms with Crippen molar-refractivity contribution in [2.24, 2.45) is 11.0 Å². The summed E-state index contributed by atoms with van der Waals surface area (Å²) < 4.78 is 13.1. The molecule has 1 aromatic heterocycles. The summed E-state index contributed by atoms with van der Waals surface area (Å²) in [5.41, 5.74) is 0.875. The van der Waals surface area contributed by atoms with Crippen LogP contribution in [0.3, 0.4) is 0 Å². The number of benzene rings is 1. The monoisotopic (exact) mass is 527 g/mol. The predicted octanol–water partition coefficient (Wildman–Crippen LogP) is 4.81. The zero-order valence-electron chi connectivity index (χ0n) is 22.6. The van der Waals surface area contributed by atoms with Gasteiger partial charge in [-0.25, -0.2) is 4.79 Å². The van der Waals surface area contributed by atoms with E-state index in [-0.39, 0.29) is 30.3 Å². The third-order valence-electron chi connectivity index (χ3n) is 6.96. The maximum absolute atomic E-state index is 13.4. The Labute approximate surface area is 224 Å². The molecule has 1 unspecified atom stereocenters. The second kappa shape index (κ2) is 15.1. The quantitative estimate of drug-likeness (QED) is 0.214. The van der Waals surface area contributed by atoms with Gasteiger partial charge in [0, 0.05) is 19.3 Å². The summed E-state index contributed by atoms with van der Waals surface area (Å²) in [5, 5.41) is 15.5. The van der Waals surface area contributed by atoms with E-state index in [1.165, 1.54) is 22.6 Å². The Hall–Kier alpha value is -3.36. The first kappa shape index (κ1) is 29.2. The van der Waals surface area contributed by atoms with Crippen LogP contribution in [0.5, 0.6) is 5.88 Å². The Morgan fingerprint density at radius 3 is 2.50 bits per heavy atom. The van der Waals surface area contributed by atoms with Crippen LogP contribution < -0.4 is 5.69 Å². The molecule has 1 aromatic carbocycles. The molecule has 1 atom stereocenters. The normalized spacial score (nSPS) is 15.0. The van der Waals surface area contributed by atoms with Gasteiger partial charge in [0.05, 0.1) is 19.4 Å². The highest BCUT2D eigenvalue weighted by Gasteiger charge is 2.26. The molecule has 9 heteroatoms. The maximum Gasteiger partial charge on any atom is 0.352 e. The minimum absolute atomic E-state index is 0.107. The predicted molar refractivity (Wildman–Crippen MR) is 145 cm³/mol. The fourth-order valence-corrected chi connectivity index (χ4v) is 5.00. The number of unbranched alkanes of at least 4 members (excludes halogenated alkanes) is 3. The van der Waals surface area contributed by atoms with Crippen LogP contribution in [-0.2, 0) is 32.0 Å². The van der Waals surface area contributed by atoms with Crippen molar-refractivity contribution in [1.82, 2.24) is 9.24 Å². The SMILES string of the molecule is CCOC(=O)CCCCCCc1c(O)n(Cc2ccccc2)c(=O)n1N=CC(OC(C)=O)C1CCCCC1. The van der Waals surface area contributed by atoms with E-state index in [1.54, 1.807) is 13.1 Å². The summed E-state index contributed by atoms with van der Waals surface area (Å²) in [4.78, 5) is 36.7. The summed E-state index contributed by atoms with van der Waals surface area (Å²) >= 11 is 0. The van der Waals surface area contributed by atoms with Gasteiger partial charge in [-0.3, -0.25) is 14.2 Å². The summed E-state index contributed by atoms with van der Waals surface area (Å²) in [5.74, 6) is -0.516. The second-order valence-electron chi connectivity index (χ2n) is 9.89.